The van der Waals surface area contributed by atoms with E-state index in [0.29, 0.717) is 56.9 Å². The first-order valence-corrected chi connectivity index (χ1v) is 21.9. The van der Waals surface area contributed by atoms with Crippen molar-refractivity contribution in [1.82, 2.24) is 4.90 Å². The van der Waals surface area contributed by atoms with Crippen molar-refractivity contribution in [3.8, 4) is 0 Å². The minimum atomic E-state index is -2.51. The molecule has 0 radical (unpaired) electrons. The topological polar surface area (TPSA) is 178 Å². The molecular weight excluding hydrogens is 759 g/mol. The zero-order chi connectivity index (χ0) is 43.8. The number of fused-ring (bicyclic) bond motifs is 3. The molecule has 15 atom stereocenters. The number of Topliss-reactive ketones (excluding diaryl/α,β-unsaturated/α-hetero) is 2. The monoisotopic (exact) mass is 832 g/mol. The van der Waals surface area contributed by atoms with Crippen LogP contribution in [0.25, 0.3) is 0 Å². The summed E-state index contributed by atoms with van der Waals surface area (Å²) >= 11 is 0. The number of rotatable bonds is 8. The number of aliphatic hydroxyl groups excluding tert-OH is 2. The molecule has 2 saturated heterocycles. The standard InChI is InChI=1S/C46H73NO12/c1-11-30(7)57-38-24-32(16-17-35(38)48)22-28(5)41-31(8)36(49)25-37(50)33(12-2)20-26(3)19-27(4)21-39(55-9)42-40(56-10)23-29(6)46(54,59-42)43(51)44(52)47-18-14-13-15-34(47)45(53)58-41/h11,20,22,27,29-36,38-42,48-49,54H,1,12-19,21,23-25H2,2-10H3/b26-20+,28-22+/t27-,29-,30?,31+,32-,33+,34-,35+,36-,38+,39-,40-,41+,42+,46?/m0/s1. The first-order chi connectivity index (χ1) is 27.9. The van der Waals surface area contributed by atoms with Crippen LogP contribution in [0.1, 0.15) is 119 Å². The molecule has 2 unspecified atom stereocenters. The Morgan fingerprint density at radius 3 is 2.31 bits per heavy atom. The van der Waals surface area contributed by atoms with Crippen LogP contribution in [0.3, 0.4) is 0 Å². The van der Waals surface area contributed by atoms with Crippen LogP contribution in [0.15, 0.2) is 36.0 Å². The Kier molecular flexibility index (Phi) is 18.1. The van der Waals surface area contributed by atoms with Crippen LogP contribution < -0.4 is 0 Å². The summed E-state index contributed by atoms with van der Waals surface area (Å²) in [6.45, 7) is 16.9. The first-order valence-electron chi connectivity index (χ1n) is 21.9. The largest absolute Gasteiger partial charge is 0.456 e. The lowest BCUT2D eigenvalue weighted by Crippen LogP contribution is -2.64. The van der Waals surface area contributed by atoms with Gasteiger partial charge in [0.15, 0.2) is 0 Å². The fourth-order valence-corrected chi connectivity index (χ4v) is 9.62. The molecule has 4 rings (SSSR count). The van der Waals surface area contributed by atoms with E-state index in [1.165, 1.54) is 19.1 Å². The zero-order valence-electron chi connectivity index (χ0n) is 37.0. The summed E-state index contributed by atoms with van der Waals surface area (Å²) in [5.74, 6) is -7.62. The molecule has 13 nitrogen and oxygen atoms in total. The molecule has 2 bridgehead atoms. The number of ether oxygens (including phenoxy) is 5. The van der Waals surface area contributed by atoms with Gasteiger partial charge < -0.3 is 43.9 Å². The Hall–Kier alpha value is -2.78. The highest BCUT2D eigenvalue weighted by Gasteiger charge is 2.56. The molecule has 1 saturated carbocycles. The maximum absolute atomic E-state index is 14.4. The molecule has 1 aliphatic carbocycles. The van der Waals surface area contributed by atoms with Crippen molar-refractivity contribution in [3.63, 3.8) is 0 Å². The summed E-state index contributed by atoms with van der Waals surface area (Å²) in [5.41, 5.74) is 1.64. The Morgan fingerprint density at radius 2 is 1.66 bits per heavy atom. The van der Waals surface area contributed by atoms with Crippen molar-refractivity contribution < 1.29 is 58.2 Å². The lowest BCUT2D eigenvalue weighted by molar-refractivity contribution is -0.302. The van der Waals surface area contributed by atoms with Gasteiger partial charge in [-0.1, -0.05) is 51.5 Å². The lowest BCUT2D eigenvalue weighted by atomic mass is 9.81. The van der Waals surface area contributed by atoms with Crippen LogP contribution in [-0.4, -0.2) is 125 Å². The van der Waals surface area contributed by atoms with E-state index in [4.69, 9.17) is 23.7 Å². The third kappa shape index (κ3) is 12.0. The van der Waals surface area contributed by atoms with Crippen LogP contribution in [0.2, 0.25) is 0 Å². The summed E-state index contributed by atoms with van der Waals surface area (Å²) in [4.78, 5) is 57.9. The molecule has 3 N–H and O–H groups in total. The van der Waals surface area contributed by atoms with Gasteiger partial charge in [-0.25, -0.2) is 4.79 Å². The van der Waals surface area contributed by atoms with Gasteiger partial charge in [0.2, 0.25) is 5.79 Å². The average Bonchev–Trinajstić information content (AvgIpc) is 3.21. The van der Waals surface area contributed by atoms with E-state index in [9.17, 15) is 34.5 Å². The van der Waals surface area contributed by atoms with Gasteiger partial charge in [0.1, 0.15) is 24.0 Å². The summed E-state index contributed by atoms with van der Waals surface area (Å²) < 4.78 is 30.3. The van der Waals surface area contributed by atoms with Crippen LogP contribution in [0, 0.1) is 29.6 Å². The molecule has 0 aromatic carbocycles. The normalized spacial score (nSPS) is 40.5. The Balaban J connectivity index is 1.76. The average molecular weight is 832 g/mol. The molecule has 3 heterocycles. The zero-order valence-corrected chi connectivity index (χ0v) is 37.0. The van der Waals surface area contributed by atoms with Gasteiger partial charge in [0, 0.05) is 44.9 Å². The maximum Gasteiger partial charge on any atom is 0.329 e. The molecule has 0 spiro atoms. The number of nitrogens with zero attached hydrogens (tertiary/aromatic N) is 1. The number of ketones is 2. The third-order valence-electron chi connectivity index (χ3n) is 13.3. The smallest absolute Gasteiger partial charge is 0.329 e. The highest BCUT2D eigenvalue weighted by molar-refractivity contribution is 6.39. The number of aliphatic hydroxyl groups is 3. The molecule has 59 heavy (non-hydrogen) atoms. The van der Waals surface area contributed by atoms with Gasteiger partial charge in [-0.2, -0.15) is 0 Å². The number of hydrogen-bond donors (Lipinski definition) is 3. The van der Waals surface area contributed by atoms with Crippen molar-refractivity contribution >= 4 is 23.4 Å². The molecule has 3 fully saturated rings. The highest BCUT2D eigenvalue weighted by atomic mass is 16.7. The van der Waals surface area contributed by atoms with Crippen molar-refractivity contribution in [3.05, 3.63) is 36.0 Å². The summed E-state index contributed by atoms with van der Waals surface area (Å²) in [6.07, 6.45) is 4.80. The SMILES string of the molecule is C=CC(C)O[C@@H]1C[C@H](/C=C(\C)[C@H]2OC(=O)[C@@H]3CCCCN3C(=O)C(=O)C3(O)O[C@H]([C@@H](OC)C[C@@H](C)C/C(C)=C/[C@@H](CC)C(=O)C[C@H](O)[C@H]2C)[C@@H](OC)C[C@@H]3C)CC[C@H]1O. The number of hydrogen-bond acceptors (Lipinski definition) is 12. The van der Waals surface area contributed by atoms with Gasteiger partial charge in [-0.15, -0.1) is 6.58 Å². The van der Waals surface area contributed by atoms with Crippen molar-refractivity contribution in [1.29, 1.82) is 0 Å². The molecule has 334 valence electrons. The number of carbonyl (C=O) groups excluding carboxylic acids is 4. The number of amides is 1. The quantitative estimate of drug-likeness (QED) is 0.161. The van der Waals surface area contributed by atoms with Gasteiger partial charge >= 0.3 is 5.97 Å². The first kappa shape index (κ1) is 48.9. The molecule has 13 heteroatoms. The Labute approximate surface area is 351 Å². The number of piperidine rings is 1. The van der Waals surface area contributed by atoms with Gasteiger partial charge in [-0.05, 0) is 102 Å². The predicted molar refractivity (Wildman–Crippen MR) is 222 cm³/mol. The van der Waals surface area contributed by atoms with Crippen molar-refractivity contribution in [2.24, 2.45) is 29.6 Å². The fraction of sp³-hybridized carbons (Fsp3) is 0.783. The Morgan fingerprint density at radius 1 is 0.983 bits per heavy atom. The van der Waals surface area contributed by atoms with Crippen LogP contribution in [0.4, 0.5) is 0 Å². The summed E-state index contributed by atoms with van der Waals surface area (Å²) in [6, 6.07) is -1.14. The summed E-state index contributed by atoms with van der Waals surface area (Å²) in [7, 11) is 3.06. The van der Waals surface area contributed by atoms with E-state index in [-0.39, 0.29) is 49.5 Å². The molecular formula is C46H73NO12. The molecule has 3 aliphatic heterocycles. The number of methoxy groups -OCH3 is 2. The van der Waals surface area contributed by atoms with Crippen molar-refractivity contribution in [2.45, 2.75) is 180 Å². The lowest BCUT2D eigenvalue weighted by Gasteiger charge is -2.47. The number of allylic oxidation sites excluding steroid dienone is 3. The van der Waals surface area contributed by atoms with Crippen LogP contribution >= 0.6 is 0 Å². The van der Waals surface area contributed by atoms with E-state index in [1.807, 2.05) is 39.8 Å². The van der Waals surface area contributed by atoms with E-state index in [0.717, 1.165) is 5.57 Å². The third-order valence-corrected chi connectivity index (χ3v) is 13.3. The number of cyclic esters (lactones) is 1. The van der Waals surface area contributed by atoms with Gasteiger partial charge in [0.05, 0.1) is 36.6 Å². The van der Waals surface area contributed by atoms with E-state index in [1.54, 1.807) is 19.9 Å². The highest BCUT2D eigenvalue weighted by Crippen LogP contribution is 2.39. The van der Waals surface area contributed by atoms with E-state index in [2.05, 4.69) is 13.5 Å². The summed E-state index contributed by atoms with van der Waals surface area (Å²) in [5, 5.41) is 34.5. The van der Waals surface area contributed by atoms with Crippen molar-refractivity contribution in [2.75, 3.05) is 20.8 Å². The number of esters is 1. The van der Waals surface area contributed by atoms with Gasteiger partial charge in [-0.3, -0.25) is 14.4 Å². The van der Waals surface area contributed by atoms with E-state index < -0.39 is 90.0 Å². The van der Waals surface area contributed by atoms with Crippen LogP contribution in [-0.2, 0) is 42.9 Å². The molecule has 0 aromatic heterocycles. The van der Waals surface area contributed by atoms with Crippen LogP contribution in [0.5, 0.6) is 0 Å². The second kappa shape index (κ2) is 21.8. The molecule has 1 amide bonds. The second-order valence-electron chi connectivity index (χ2n) is 18.0. The minimum Gasteiger partial charge on any atom is -0.456 e. The Bertz CT molecular complexity index is 1530. The second-order valence-corrected chi connectivity index (χ2v) is 18.0. The predicted octanol–water partition coefficient (Wildman–Crippen LogP) is 5.42. The molecule has 4 aliphatic rings. The minimum absolute atomic E-state index is 0.0295. The molecule has 0 aromatic rings. The maximum atomic E-state index is 14.4. The van der Waals surface area contributed by atoms with E-state index >= 15 is 0 Å². The van der Waals surface area contributed by atoms with Gasteiger partial charge in [0.25, 0.3) is 11.7 Å². The fourth-order valence-electron chi connectivity index (χ4n) is 9.62. The number of carbonyl (C=O) groups is 4.